The first-order valence-corrected chi connectivity index (χ1v) is 10.2. The summed E-state index contributed by atoms with van der Waals surface area (Å²) < 4.78 is 23.4. The number of hydrogen-bond acceptors (Lipinski definition) is 6. The van der Waals surface area contributed by atoms with Crippen molar-refractivity contribution in [3.63, 3.8) is 0 Å². The maximum atomic E-state index is 12.9. The number of nitrogens with zero attached hydrogens (tertiary/aromatic N) is 3. The van der Waals surface area contributed by atoms with E-state index in [1.807, 2.05) is 51.1 Å². The summed E-state index contributed by atoms with van der Waals surface area (Å²) in [5.74, 6) is -0.416. The van der Waals surface area contributed by atoms with E-state index in [0.717, 1.165) is 5.56 Å². The van der Waals surface area contributed by atoms with Crippen molar-refractivity contribution in [2.45, 2.75) is 46.6 Å². The van der Waals surface area contributed by atoms with E-state index in [4.69, 9.17) is 9.05 Å². The summed E-state index contributed by atoms with van der Waals surface area (Å²) in [7, 11) is -3.93. The predicted molar refractivity (Wildman–Crippen MR) is 102 cm³/mol. The lowest BCUT2D eigenvalue weighted by molar-refractivity contribution is 0.105. The molecule has 0 aliphatic rings. The number of hydrogen-bond donors (Lipinski definition) is 1. The van der Waals surface area contributed by atoms with E-state index in [1.54, 1.807) is 18.7 Å². The maximum Gasteiger partial charge on any atom is 0.528 e. The van der Waals surface area contributed by atoms with Gasteiger partial charge in [0.15, 0.2) is 4.98 Å². The average Bonchev–Trinajstić information content (AvgIpc) is 2.55. The van der Waals surface area contributed by atoms with E-state index in [1.165, 1.54) is 0 Å². The van der Waals surface area contributed by atoms with Gasteiger partial charge in [-0.2, -0.15) is 0 Å². The van der Waals surface area contributed by atoms with Crippen LogP contribution in [0.25, 0.3) is 4.98 Å². The Balaban J connectivity index is 3.26. The first-order valence-electron chi connectivity index (χ1n) is 8.69. The Hall–Kier alpha value is -1.87. The van der Waals surface area contributed by atoms with Crippen LogP contribution in [-0.4, -0.2) is 35.3 Å². The van der Waals surface area contributed by atoms with Crippen LogP contribution in [0.3, 0.4) is 0 Å². The van der Waals surface area contributed by atoms with Crippen molar-refractivity contribution in [3.05, 3.63) is 52.2 Å². The van der Waals surface area contributed by atoms with Crippen molar-refractivity contribution in [2.75, 3.05) is 19.8 Å². The Bertz CT molecular complexity index is 683. The second kappa shape index (κ2) is 9.72. The van der Waals surface area contributed by atoms with E-state index in [2.05, 4.69) is 4.98 Å². The van der Waals surface area contributed by atoms with Gasteiger partial charge in [-0.15, -0.1) is 0 Å². The molecule has 8 heteroatoms. The van der Waals surface area contributed by atoms with E-state index < -0.39 is 24.5 Å². The van der Waals surface area contributed by atoms with Gasteiger partial charge in [0, 0.05) is 12.1 Å². The number of aliphatic hydroxyl groups excluding tert-OH is 1. The fourth-order valence-corrected chi connectivity index (χ4v) is 3.96. The number of aliphatic hydroxyl groups is 1. The van der Waals surface area contributed by atoms with Crippen molar-refractivity contribution in [1.82, 2.24) is 4.90 Å². The molecule has 0 aliphatic carbocycles. The molecule has 0 fully saturated rings. The van der Waals surface area contributed by atoms with Crippen LogP contribution in [-0.2, 0) is 20.0 Å². The quantitative estimate of drug-likeness (QED) is 0.362. The monoisotopic (exact) mass is 382 g/mol. The normalized spacial score (nSPS) is 13.1. The fraction of sp³-hybridized carbons (Fsp3) is 0.556. The lowest BCUT2D eigenvalue weighted by Gasteiger charge is -2.35. The molecule has 144 valence electrons. The predicted octanol–water partition coefficient (Wildman–Crippen LogP) is 5.13. The standard InChI is InChI=1S/C18H28N3O4P/c1-6-24-26(23,25-7-2)16(20-19)17(22)21(18(3,4)5)14-13-15-11-9-8-10-12-15/h8-12H,6-7,13-14H2,1-5H3/p+1. The molecule has 0 radical (unpaired) electrons. The lowest BCUT2D eigenvalue weighted by Crippen LogP contribution is -2.42. The summed E-state index contributed by atoms with van der Waals surface area (Å²) in [6.45, 7) is 9.59. The minimum atomic E-state index is -3.93. The zero-order valence-electron chi connectivity index (χ0n) is 16.2. The highest BCUT2D eigenvalue weighted by Crippen LogP contribution is 2.58. The Morgan fingerprint density at radius 2 is 1.73 bits per heavy atom. The summed E-state index contributed by atoms with van der Waals surface area (Å²) in [6, 6.07) is 9.80. The Kier molecular flexibility index (Phi) is 8.29. The number of rotatable bonds is 9. The Morgan fingerprint density at radius 1 is 1.19 bits per heavy atom. The van der Waals surface area contributed by atoms with Crippen LogP contribution >= 0.6 is 7.60 Å². The third kappa shape index (κ3) is 5.84. The maximum absolute atomic E-state index is 12.9. The van der Waals surface area contributed by atoms with Crippen LogP contribution in [0.5, 0.6) is 0 Å². The van der Waals surface area contributed by atoms with Gasteiger partial charge in [-0.1, -0.05) is 30.3 Å². The van der Waals surface area contributed by atoms with Gasteiger partial charge in [0.1, 0.15) is 0 Å². The molecule has 0 saturated carbocycles. The zero-order valence-corrected chi connectivity index (χ0v) is 17.1. The molecule has 26 heavy (non-hydrogen) atoms. The second-order valence-corrected chi connectivity index (χ2v) is 8.57. The zero-order chi connectivity index (χ0) is 19.8. The molecular weight excluding hydrogens is 353 g/mol. The van der Waals surface area contributed by atoms with Crippen molar-refractivity contribution in [3.8, 4) is 0 Å². The molecule has 1 N–H and O–H groups in total. The van der Waals surface area contributed by atoms with Gasteiger partial charge in [-0.05, 0) is 46.6 Å². The molecule has 0 unspecified atom stereocenters. The summed E-state index contributed by atoms with van der Waals surface area (Å²) in [4.78, 5) is 4.69. The van der Waals surface area contributed by atoms with Gasteiger partial charge in [-0.25, -0.2) is 4.57 Å². The molecule has 0 amide bonds. The van der Waals surface area contributed by atoms with Gasteiger partial charge in [0.25, 0.3) is 5.88 Å². The van der Waals surface area contributed by atoms with Gasteiger partial charge in [0.05, 0.1) is 13.2 Å². The summed E-state index contributed by atoms with van der Waals surface area (Å²) >= 11 is 0. The van der Waals surface area contributed by atoms with Crippen LogP contribution in [0.4, 0.5) is 0 Å². The summed E-state index contributed by atoms with van der Waals surface area (Å²) in [5.41, 5.74) is 0.0944. The first-order chi connectivity index (χ1) is 12.2. The van der Waals surface area contributed by atoms with Crippen LogP contribution < -0.4 is 0 Å². The van der Waals surface area contributed by atoms with Gasteiger partial charge in [-0.3, -0.25) is 0 Å². The molecule has 7 nitrogen and oxygen atoms in total. The van der Waals surface area contributed by atoms with Crippen LogP contribution in [0.15, 0.2) is 41.7 Å². The van der Waals surface area contributed by atoms with Gasteiger partial charge >= 0.3 is 13.0 Å². The van der Waals surface area contributed by atoms with Crippen molar-refractivity contribution >= 4 is 7.60 Å². The molecule has 0 atom stereocenters. The molecule has 0 saturated heterocycles. The highest BCUT2D eigenvalue weighted by Gasteiger charge is 2.48. The summed E-state index contributed by atoms with van der Waals surface area (Å²) in [5, 5.41) is 20.2. The van der Waals surface area contributed by atoms with Crippen molar-refractivity contribution in [1.29, 1.82) is 5.39 Å². The minimum absolute atomic E-state index is 0.0864. The first kappa shape index (κ1) is 22.2. The Morgan fingerprint density at radius 3 is 2.15 bits per heavy atom. The highest BCUT2D eigenvalue weighted by atomic mass is 31.2. The molecule has 0 aliphatic heterocycles. The van der Waals surface area contributed by atoms with E-state index in [0.29, 0.717) is 13.0 Å². The SMILES string of the molecule is CCOP(=O)(OCC)/C([N+]#N)=C(\O)N(CCc1ccccc1)C(C)(C)C. The van der Waals surface area contributed by atoms with E-state index in [9.17, 15) is 15.1 Å². The van der Waals surface area contributed by atoms with E-state index >= 15 is 0 Å². The third-order valence-corrected chi connectivity index (χ3v) is 5.69. The summed E-state index contributed by atoms with van der Waals surface area (Å²) in [6.07, 6.45) is 0.647. The largest absolute Gasteiger partial charge is 0.528 e. The average molecular weight is 382 g/mol. The highest BCUT2D eigenvalue weighted by molar-refractivity contribution is 7.58. The minimum Gasteiger partial charge on any atom is -0.489 e. The van der Waals surface area contributed by atoms with E-state index in [-0.39, 0.29) is 13.2 Å². The van der Waals surface area contributed by atoms with Crippen LogP contribution in [0, 0.1) is 5.39 Å². The molecule has 0 spiro atoms. The molecule has 0 bridgehead atoms. The van der Waals surface area contributed by atoms with Crippen molar-refractivity contribution in [2.24, 2.45) is 0 Å². The fourth-order valence-electron chi connectivity index (χ4n) is 2.49. The number of benzene rings is 1. The van der Waals surface area contributed by atoms with Crippen molar-refractivity contribution < 1.29 is 18.7 Å². The van der Waals surface area contributed by atoms with Crippen LogP contribution in [0.2, 0.25) is 0 Å². The lowest BCUT2D eigenvalue weighted by atomic mass is 10.0. The van der Waals surface area contributed by atoms with Gasteiger partial charge in [0.2, 0.25) is 5.39 Å². The number of diazo groups is 1. The third-order valence-electron chi connectivity index (χ3n) is 3.68. The second-order valence-electron chi connectivity index (χ2n) is 6.64. The molecular formula is C18H29N3O4P+. The molecule has 1 aromatic carbocycles. The smallest absolute Gasteiger partial charge is 0.489 e. The topological polar surface area (TPSA) is 87.1 Å². The molecule has 0 heterocycles. The van der Waals surface area contributed by atoms with Gasteiger partial charge < -0.3 is 19.1 Å². The molecule has 1 rings (SSSR count). The molecule has 1 aromatic rings. The van der Waals surface area contributed by atoms with Crippen LogP contribution in [0.1, 0.15) is 40.2 Å². The Labute approximate surface area is 155 Å². The molecule has 0 aromatic heterocycles.